The Labute approximate surface area is 124 Å². The minimum atomic E-state index is -0.522. The van der Waals surface area contributed by atoms with Gasteiger partial charge in [-0.25, -0.2) is 9.78 Å². The predicted molar refractivity (Wildman–Crippen MR) is 81.1 cm³/mol. The number of pyridine rings is 2. The van der Waals surface area contributed by atoms with E-state index >= 15 is 0 Å². The van der Waals surface area contributed by atoms with E-state index in [1.807, 2.05) is 39.0 Å². The highest BCUT2D eigenvalue weighted by Crippen LogP contribution is 2.12. The summed E-state index contributed by atoms with van der Waals surface area (Å²) in [5, 5.41) is 2.61. The van der Waals surface area contributed by atoms with Crippen molar-refractivity contribution in [3.05, 3.63) is 54.0 Å². The molecule has 2 heterocycles. The zero-order chi connectivity index (χ0) is 15.3. The van der Waals surface area contributed by atoms with Crippen LogP contribution in [0.2, 0.25) is 0 Å². The number of amides is 1. The van der Waals surface area contributed by atoms with Gasteiger partial charge in [0.05, 0.1) is 0 Å². The Morgan fingerprint density at radius 1 is 1.14 bits per heavy atom. The minimum absolute atomic E-state index is 0.475. The molecule has 0 bridgehead atoms. The monoisotopic (exact) mass is 285 g/mol. The van der Waals surface area contributed by atoms with E-state index in [1.165, 1.54) is 5.56 Å². The Hall–Kier alpha value is -2.43. The van der Waals surface area contributed by atoms with Crippen molar-refractivity contribution in [2.45, 2.75) is 32.8 Å². The van der Waals surface area contributed by atoms with Crippen molar-refractivity contribution in [3.8, 4) is 0 Å². The molecule has 0 aliphatic carbocycles. The molecule has 0 saturated heterocycles. The van der Waals surface area contributed by atoms with E-state index in [-0.39, 0.29) is 0 Å². The lowest BCUT2D eigenvalue weighted by molar-refractivity contribution is 0.0635. The van der Waals surface area contributed by atoms with E-state index in [2.05, 4.69) is 15.3 Å². The van der Waals surface area contributed by atoms with Crippen LogP contribution in [0, 0.1) is 0 Å². The molecule has 21 heavy (non-hydrogen) atoms. The van der Waals surface area contributed by atoms with Gasteiger partial charge < -0.3 is 4.74 Å². The van der Waals surface area contributed by atoms with Gasteiger partial charge in [0.25, 0.3) is 0 Å². The quantitative estimate of drug-likeness (QED) is 0.938. The molecular weight excluding hydrogens is 266 g/mol. The molecule has 1 amide bonds. The Balaban J connectivity index is 1.95. The molecule has 5 heteroatoms. The molecule has 2 aromatic rings. The molecule has 0 atom stereocenters. The first-order chi connectivity index (χ1) is 9.92. The first kappa shape index (κ1) is 15.0. The number of hydrogen-bond donors (Lipinski definition) is 1. The summed E-state index contributed by atoms with van der Waals surface area (Å²) in [4.78, 5) is 19.8. The average molecular weight is 285 g/mol. The Morgan fingerprint density at radius 3 is 2.43 bits per heavy atom. The molecule has 1 N–H and O–H groups in total. The number of hydrogen-bond acceptors (Lipinski definition) is 4. The summed E-state index contributed by atoms with van der Waals surface area (Å²) in [6, 6.07) is 7.63. The van der Waals surface area contributed by atoms with Gasteiger partial charge in [-0.2, -0.15) is 0 Å². The van der Waals surface area contributed by atoms with Crippen molar-refractivity contribution < 1.29 is 9.53 Å². The SMILES string of the molecule is CC(C)(C)OC(=O)Nc1ccc(Cc2ccncc2)cn1. The van der Waals surface area contributed by atoms with Crippen molar-refractivity contribution in [1.29, 1.82) is 0 Å². The van der Waals surface area contributed by atoms with Gasteiger partial charge in [0.15, 0.2) is 0 Å². The van der Waals surface area contributed by atoms with Gasteiger partial charge in [-0.15, -0.1) is 0 Å². The number of nitrogens with one attached hydrogen (secondary N) is 1. The molecule has 2 rings (SSSR count). The molecular formula is C16H19N3O2. The fourth-order valence-electron chi connectivity index (χ4n) is 1.75. The third-order valence-corrected chi connectivity index (χ3v) is 2.61. The highest BCUT2D eigenvalue weighted by molar-refractivity contribution is 5.83. The van der Waals surface area contributed by atoms with Gasteiger partial charge >= 0.3 is 6.09 Å². The summed E-state index contributed by atoms with van der Waals surface area (Å²) < 4.78 is 5.17. The molecule has 0 saturated carbocycles. The number of nitrogens with zero attached hydrogens (tertiary/aromatic N) is 2. The zero-order valence-corrected chi connectivity index (χ0v) is 12.5. The fourth-order valence-corrected chi connectivity index (χ4v) is 1.75. The molecule has 0 spiro atoms. The average Bonchev–Trinajstić information content (AvgIpc) is 2.40. The molecule has 0 aromatic carbocycles. The summed E-state index contributed by atoms with van der Waals surface area (Å²) in [7, 11) is 0. The van der Waals surface area contributed by atoms with Crippen LogP contribution in [0.25, 0.3) is 0 Å². The smallest absolute Gasteiger partial charge is 0.413 e. The topological polar surface area (TPSA) is 64.1 Å². The predicted octanol–water partition coefficient (Wildman–Crippen LogP) is 3.41. The first-order valence-electron chi connectivity index (χ1n) is 6.76. The van der Waals surface area contributed by atoms with Crippen LogP contribution in [0.3, 0.4) is 0 Å². The van der Waals surface area contributed by atoms with Crippen LogP contribution in [-0.2, 0) is 11.2 Å². The Kier molecular flexibility index (Phi) is 4.52. The molecule has 0 fully saturated rings. The second kappa shape index (κ2) is 6.35. The number of aromatic nitrogens is 2. The third-order valence-electron chi connectivity index (χ3n) is 2.61. The normalized spacial score (nSPS) is 11.0. The van der Waals surface area contributed by atoms with Crippen LogP contribution in [0.5, 0.6) is 0 Å². The molecule has 110 valence electrons. The first-order valence-corrected chi connectivity index (χ1v) is 6.76. The van der Waals surface area contributed by atoms with Crippen molar-refractivity contribution in [3.63, 3.8) is 0 Å². The maximum atomic E-state index is 11.6. The molecule has 0 aliphatic heterocycles. The molecule has 2 aromatic heterocycles. The minimum Gasteiger partial charge on any atom is -0.444 e. The van der Waals surface area contributed by atoms with Gasteiger partial charge in [-0.1, -0.05) is 6.07 Å². The van der Waals surface area contributed by atoms with E-state index in [1.54, 1.807) is 24.7 Å². The number of anilines is 1. The Bertz CT molecular complexity index is 589. The molecule has 0 aliphatic rings. The van der Waals surface area contributed by atoms with E-state index in [0.29, 0.717) is 5.82 Å². The molecule has 0 unspecified atom stereocenters. The number of ether oxygens (including phenoxy) is 1. The van der Waals surface area contributed by atoms with Crippen molar-refractivity contribution >= 4 is 11.9 Å². The summed E-state index contributed by atoms with van der Waals surface area (Å²) >= 11 is 0. The summed E-state index contributed by atoms with van der Waals surface area (Å²) in [5.41, 5.74) is 1.71. The molecule has 5 nitrogen and oxygen atoms in total. The lowest BCUT2D eigenvalue weighted by Gasteiger charge is -2.19. The summed E-state index contributed by atoms with van der Waals surface area (Å²) in [5.74, 6) is 0.475. The zero-order valence-electron chi connectivity index (χ0n) is 12.5. The molecule has 0 radical (unpaired) electrons. The van der Waals surface area contributed by atoms with Gasteiger partial charge in [-0.05, 0) is 56.5 Å². The van der Waals surface area contributed by atoms with Crippen LogP contribution in [-0.4, -0.2) is 21.7 Å². The number of carbonyl (C=O) groups excluding carboxylic acids is 1. The highest BCUT2D eigenvalue weighted by Gasteiger charge is 2.16. The van der Waals surface area contributed by atoms with E-state index in [4.69, 9.17) is 4.74 Å². The van der Waals surface area contributed by atoms with E-state index in [9.17, 15) is 4.79 Å². The van der Waals surface area contributed by atoms with Crippen molar-refractivity contribution in [1.82, 2.24) is 9.97 Å². The fraction of sp³-hybridized carbons (Fsp3) is 0.312. The maximum Gasteiger partial charge on any atom is 0.413 e. The van der Waals surface area contributed by atoms with Crippen molar-refractivity contribution in [2.75, 3.05) is 5.32 Å². The second-order valence-electron chi connectivity index (χ2n) is 5.71. The van der Waals surface area contributed by atoms with Gasteiger partial charge in [-0.3, -0.25) is 10.3 Å². The highest BCUT2D eigenvalue weighted by atomic mass is 16.6. The summed E-state index contributed by atoms with van der Waals surface area (Å²) in [6.07, 6.45) is 5.55. The largest absolute Gasteiger partial charge is 0.444 e. The third kappa shape index (κ3) is 5.22. The second-order valence-corrected chi connectivity index (χ2v) is 5.71. The van der Waals surface area contributed by atoms with E-state index in [0.717, 1.165) is 12.0 Å². The van der Waals surface area contributed by atoms with Crippen LogP contribution in [0.4, 0.5) is 10.6 Å². The summed E-state index contributed by atoms with van der Waals surface area (Å²) in [6.45, 7) is 5.45. The number of rotatable bonds is 3. The standard InChI is InChI=1S/C16H19N3O2/c1-16(2,3)21-15(20)19-14-5-4-13(11-18-14)10-12-6-8-17-9-7-12/h4-9,11H,10H2,1-3H3,(H,18,19,20). The van der Waals surface area contributed by atoms with Gasteiger partial charge in [0.1, 0.15) is 11.4 Å². The maximum absolute atomic E-state index is 11.6. The number of carbonyl (C=O) groups is 1. The lowest BCUT2D eigenvalue weighted by Crippen LogP contribution is -2.27. The van der Waals surface area contributed by atoms with E-state index < -0.39 is 11.7 Å². The van der Waals surface area contributed by atoms with Crippen LogP contribution in [0.1, 0.15) is 31.9 Å². The lowest BCUT2D eigenvalue weighted by atomic mass is 10.1. The van der Waals surface area contributed by atoms with Crippen LogP contribution >= 0.6 is 0 Å². The van der Waals surface area contributed by atoms with Crippen LogP contribution in [0.15, 0.2) is 42.9 Å². The van der Waals surface area contributed by atoms with Crippen LogP contribution < -0.4 is 5.32 Å². The Morgan fingerprint density at radius 2 is 1.86 bits per heavy atom. The van der Waals surface area contributed by atoms with Crippen molar-refractivity contribution in [2.24, 2.45) is 0 Å². The van der Waals surface area contributed by atoms with Gasteiger partial charge in [0.2, 0.25) is 0 Å². The van der Waals surface area contributed by atoms with Gasteiger partial charge in [0, 0.05) is 18.6 Å².